The number of fused-ring (bicyclic) bond motifs is 1. The Kier molecular flexibility index (Phi) is 6.60. The van der Waals surface area contributed by atoms with E-state index in [1.54, 1.807) is 0 Å². The van der Waals surface area contributed by atoms with E-state index in [2.05, 4.69) is 4.57 Å². The number of aliphatic hydroxyl groups excluding tert-OH is 1. The Morgan fingerprint density at radius 3 is 2.64 bits per heavy atom. The molecule has 0 amide bonds. The van der Waals surface area contributed by atoms with Crippen molar-refractivity contribution < 1.29 is 14.6 Å². The molecule has 2 aromatic carbocycles. The highest BCUT2D eigenvalue weighted by Crippen LogP contribution is 2.31. The predicted octanol–water partition coefficient (Wildman–Crippen LogP) is 4.37. The summed E-state index contributed by atoms with van der Waals surface area (Å²) >= 11 is 0. The van der Waals surface area contributed by atoms with Gasteiger partial charge in [0.2, 0.25) is 0 Å². The van der Waals surface area contributed by atoms with E-state index >= 15 is 0 Å². The first kappa shape index (κ1) is 20.6. The van der Waals surface area contributed by atoms with Gasteiger partial charge < -0.3 is 19.1 Å². The molecule has 4 rings (SSSR count). The molecule has 1 aromatic heterocycles. The number of aliphatic hydroxyl groups is 1. The Balaban J connectivity index is 0.00000225. The number of hydrogen-bond acceptors (Lipinski definition) is 4. The molecule has 1 saturated heterocycles. The first-order valence-corrected chi connectivity index (χ1v) is 9.57. The van der Waals surface area contributed by atoms with E-state index in [4.69, 9.17) is 14.5 Å². The molecule has 28 heavy (non-hydrogen) atoms. The summed E-state index contributed by atoms with van der Waals surface area (Å²) in [5.41, 5.74) is 4.12. The summed E-state index contributed by atoms with van der Waals surface area (Å²) in [4.78, 5) is 4.78. The average molecular weight is 403 g/mol. The normalized spacial score (nSPS) is 17.5. The summed E-state index contributed by atoms with van der Waals surface area (Å²) < 4.78 is 13.9. The van der Waals surface area contributed by atoms with Gasteiger partial charge in [-0.3, -0.25) is 0 Å². The third kappa shape index (κ3) is 4.17. The summed E-state index contributed by atoms with van der Waals surface area (Å²) in [6.45, 7) is 5.48. The van der Waals surface area contributed by atoms with Crippen LogP contribution >= 0.6 is 12.4 Å². The lowest BCUT2D eigenvalue weighted by Gasteiger charge is -2.19. The molecular formula is C22H27ClN2O3. The lowest BCUT2D eigenvalue weighted by Crippen LogP contribution is -2.25. The number of hydrogen-bond donors (Lipinski definition) is 1. The molecule has 1 N–H and O–H groups in total. The Hall–Kier alpha value is -2.08. The zero-order chi connectivity index (χ0) is 18.8. The molecule has 1 aliphatic rings. The molecule has 0 saturated carbocycles. The lowest BCUT2D eigenvalue weighted by atomic mass is 10.1. The highest BCUT2D eigenvalue weighted by atomic mass is 35.5. The monoisotopic (exact) mass is 402 g/mol. The highest BCUT2D eigenvalue weighted by Gasteiger charge is 2.25. The van der Waals surface area contributed by atoms with Crippen LogP contribution in [0.3, 0.4) is 0 Å². The van der Waals surface area contributed by atoms with Crippen LogP contribution in [0.2, 0.25) is 0 Å². The van der Waals surface area contributed by atoms with Gasteiger partial charge in [-0.2, -0.15) is 0 Å². The Bertz CT molecular complexity index is 914. The van der Waals surface area contributed by atoms with Gasteiger partial charge in [-0.25, -0.2) is 4.98 Å². The van der Waals surface area contributed by atoms with Crippen molar-refractivity contribution >= 4 is 23.4 Å². The van der Waals surface area contributed by atoms with E-state index in [1.165, 1.54) is 0 Å². The maximum atomic E-state index is 10.7. The maximum Gasteiger partial charge on any atom is 0.139 e. The molecule has 2 heterocycles. The molecule has 0 spiro atoms. The van der Waals surface area contributed by atoms with E-state index in [-0.39, 0.29) is 25.1 Å². The molecule has 0 aliphatic carbocycles. The average Bonchev–Trinajstić information content (AvgIpc) is 3.30. The number of para-hydroxylation sites is 3. The standard InChI is InChI=1S/C22H26N2O3.ClH/c1-15-7-5-8-16(2)21(15)27-14-17(25)13-24-19-10-4-3-9-18(19)23-22(24)20-11-6-12-26-20;/h3-5,7-10,17,20,25H,6,11-14H2,1-2H3;1H. The minimum Gasteiger partial charge on any atom is -0.490 e. The molecule has 2 atom stereocenters. The number of nitrogens with zero attached hydrogens (tertiary/aromatic N) is 2. The molecule has 1 aliphatic heterocycles. The molecule has 150 valence electrons. The van der Waals surface area contributed by atoms with Crippen LogP contribution < -0.4 is 4.74 Å². The molecule has 0 bridgehead atoms. The largest absolute Gasteiger partial charge is 0.490 e. The molecular weight excluding hydrogens is 376 g/mol. The summed E-state index contributed by atoms with van der Waals surface area (Å²) in [5, 5.41) is 10.7. The SMILES string of the molecule is Cc1cccc(C)c1OCC(O)Cn1c(C2CCCO2)nc2ccccc21.Cl. The van der Waals surface area contributed by atoms with E-state index in [1.807, 2.05) is 56.3 Å². The van der Waals surface area contributed by atoms with Crippen LogP contribution in [-0.4, -0.2) is 34.0 Å². The third-order valence-corrected chi connectivity index (χ3v) is 5.12. The molecule has 0 radical (unpaired) electrons. The minimum absolute atomic E-state index is 0. The fourth-order valence-corrected chi connectivity index (χ4v) is 3.78. The van der Waals surface area contributed by atoms with Crippen molar-refractivity contribution in [3.05, 3.63) is 59.4 Å². The van der Waals surface area contributed by atoms with Crippen molar-refractivity contribution in [2.75, 3.05) is 13.2 Å². The quantitative estimate of drug-likeness (QED) is 0.665. The molecule has 6 heteroatoms. The smallest absolute Gasteiger partial charge is 0.139 e. The van der Waals surface area contributed by atoms with Gasteiger partial charge in [0.15, 0.2) is 0 Å². The fraction of sp³-hybridized carbons (Fsp3) is 0.409. The summed E-state index contributed by atoms with van der Waals surface area (Å²) in [6, 6.07) is 14.1. The topological polar surface area (TPSA) is 56.5 Å². The lowest BCUT2D eigenvalue weighted by molar-refractivity contribution is 0.0802. The second-order valence-electron chi connectivity index (χ2n) is 7.26. The minimum atomic E-state index is -0.637. The van der Waals surface area contributed by atoms with Crippen LogP contribution in [-0.2, 0) is 11.3 Å². The third-order valence-electron chi connectivity index (χ3n) is 5.12. The predicted molar refractivity (Wildman–Crippen MR) is 112 cm³/mol. The van der Waals surface area contributed by atoms with E-state index < -0.39 is 6.10 Å². The number of rotatable bonds is 6. The second kappa shape index (κ2) is 8.95. The van der Waals surface area contributed by atoms with Gasteiger partial charge in [0.25, 0.3) is 0 Å². The Morgan fingerprint density at radius 2 is 1.93 bits per heavy atom. The summed E-state index contributed by atoms with van der Waals surface area (Å²) in [5.74, 6) is 1.76. The van der Waals surface area contributed by atoms with Crippen molar-refractivity contribution in [3.8, 4) is 5.75 Å². The highest BCUT2D eigenvalue weighted by molar-refractivity contribution is 5.85. The van der Waals surface area contributed by atoms with Gasteiger partial charge in [0.1, 0.15) is 30.4 Å². The number of aromatic nitrogens is 2. The second-order valence-corrected chi connectivity index (χ2v) is 7.26. The van der Waals surface area contributed by atoms with Crippen LogP contribution in [0.1, 0.15) is 35.9 Å². The van der Waals surface area contributed by atoms with Crippen LogP contribution in [0.15, 0.2) is 42.5 Å². The van der Waals surface area contributed by atoms with Crippen LogP contribution in [0, 0.1) is 13.8 Å². The van der Waals surface area contributed by atoms with Crippen molar-refractivity contribution in [1.29, 1.82) is 0 Å². The van der Waals surface area contributed by atoms with Gasteiger partial charge in [0.05, 0.1) is 17.6 Å². The number of benzene rings is 2. The van der Waals surface area contributed by atoms with Gasteiger partial charge in [0, 0.05) is 6.61 Å². The van der Waals surface area contributed by atoms with Gasteiger partial charge in [-0.05, 0) is 49.9 Å². The number of ether oxygens (including phenoxy) is 2. The zero-order valence-electron chi connectivity index (χ0n) is 16.3. The number of imidazole rings is 1. The van der Waals surface area contributed by atoms with E-state index in [0.29, 0.717) is 6.54 Å². The Labute approximate surface area is 171 Å². The maximum absolute atomic E-state index is 10.7. The van der Waals surface area contributed by atoms with Crippen LogP contribution in [0.5, 0.6) is 5.75 Å². The van der Waals surface area contributed by atoms with Crippen LogP contribution in [0.4, 0.5) is 0 Å². The number of aryl methyl sites for hydroxylation is 2. The molecule has 1 fully saturated rings. The van der Waals surface area contributed by atoms with E-state index in [0.717, 1.165) is 53.2 Å². The van der Waals surface area contributed by atoms with E-state index in [9.17, 15) is 5.11 Å². The summed E-state index contributed by atoms with van der Waals surface area (Å²) in [7, 11) is 0. The first-order chi connectivity index (χ1) is 13.1. The molecule has 3 aromatic rings. The fourth-order valence-electron chi connectivity index (χ4n) is 3.78. The summed E-state index contributed by atoms with van der Waals surface area (Å²) in [6.07, 6.45) is 1.38. The first-order valence-electron chi connectivity index (χ1n) is 9.57. The van der Waals surface area contributed by atoms with Gasteiger partial charge in [-0.1, -0.05) is 30.3 Å². The van der Waals surface area contributed by atoms with Crippen LogP contribution in [0.25, 0.3) is 11.0 Å². The van der Waals surface area contributed by atoms with Crippen molar-refractivity contribution in [1.82, 2.24) is 9.55 Å². The Morgan fingerprint density at radius 1 is 1.18 bits per heavy atom. The molecule has 5 nitrogen and oxygen atoms in total. The van der Waals surface area contributed by atoms with Gasteiger partial charge >= 0.3 is 0 Å². The van der Waals surface area contributed by atoms with Crippen molar-refractivity contribution in [2.45, 2.75) is 45.4 Å². The van der Waals surface area contributed by atoms with Crippen molar-refractivity contribution in [2.24, 2.45) is 0 Å². The molecule has 2 unspecified atom stereocenters. The number of halogens is 1. The van der Waals surface area contributed by atoms with Gasteiger partial charge in [-0.15, -0.1) is 12.4 Å². The zero-order valence-corrected chi connectivity index (χ0v) is 17.1. The van der Waals surface area contributed by atoms with Crippen molar-refractivity contribution in [3.63, 3.8) is 0 Å².